The van der Waals surface area contributed by atoms with Crippen molar-refractivity contribution >= 4 is 20.7 Å². The Morgan fingerprint density at radius 3 is 2.46 bits per heavy atom. The first-order valence-electron chi connectivity index (χ1n) is 11.5. The molecule has 0 aliphatic heterocycles. The first-order valence-corrected chi connectivity index (χ1v) is 13.1. The molecule has 0 unspecified atom stereocenters. The third-order valence-corrected chi connectivity index (χ3v) is 7.72. The lowest BCUT2D eigenvalue weighted by molar-refractivity contribution is -0.623. The molecule has 0 atom stereocenters. The number of rotatable bonds is 9. The summed E-state index contributed by atoms with van der Waals surface area (Å²) in [5.74, 6) is -0.235. The van der Waals surface area contributed by atoms with Gasteiger partial charge < -0.3 is 14.9 Å². The smallest absolute Gasteiger partial charge is 0.400 e. The van der Waals surface area contributed by atoms with E-state index < -0.39 is 15.4 Å². The van der Waals surface area contributed by atoms with Crippen LogP contribution in [0.5, 0.6) is 5.88 Å². The molecule has 0 spiro atoms. The summed E-state index contributed by atoms with van der Waals surface area (Å²) in [6.45, 7) is 3.72. The highest BCUT2D eigenvalue weighted by molar-refractivity contribution is 7.91. The number of aromatic amines is 1. The molecular weight excluding hydrogens is 466 g/mol. The molecule has 1 N–H and O–H groups in total. The Morgan fingerprint density at radius 1 is 1.09 bits per heavy atom. The van der Waals surface area contributed by atoms with Crippen LogP contribution in [0.3, 0.4) is 0 Å². The zero-order valence-corrected chi connectivity index (χ0v) is 20.8. The van der Waals surface area contributed by atoms with Crippen LogP contribution in [0.1, 0.15) is 30.8 Å². The second kappa shape index (κ2) is 9.95. The van der Waals surface area contributed by atoms with Crippen molar-refractivity contribution in [2.75, 3.05) is 12.9 Å². The second-order valence-electron chi connectivity index (χ2n) is 8.92. The molecule has 2 aromatic carbocycles. The molecule has 0 saturated heterocycles. The Hall–Kier alpha value is -3.59. The van der Waals surface area contributed by atoms with Crippen molar-refractivity contribution in [1.29, 1.82) is 0 Å². The van der Waals surface area contributed by atoms with E-state index in [9.17, 15) is 18.4 Å². The van der Waals surface area contributed by atoms with Crippen LogP contribution in [0, 0.1) is 11.1 Å². The number of benzene rings is 2. The van der Waals surface area contributed by atoms with Gasteiger partial charge >= 0.3 is 11.4 Å². The van der Waals surface area contributed by atoms with E-state index >= 15 is 0 Å². The molecule has 184 valence electrons. The quantitative estimate of drug-likeness (QED) is 0.283. The molecule has 0 aliphatic rings. The average Bonchev–Trinajstić information content (AvgIpc) is 3.25. The summed E-state index contributed by atoms with van der Waals surface area (Å²) in [6.07, 6.45) is 2.30. The Balaban J connectivity index is 1.84. The van der Waals surface area contributed by atoms with Gasteiger partial charge in [0, 0.05) is 36.5 Å². The average molecular weight is 496 g/mol. The second-order valence-corrected chi connectivity index (χ2v) is 11.0. The van der Waals surface area contributed by atoms with Gasteiger partial charge in [-0.3, -0.25) is 9.36 Å². The lowest BCUT2D eigenvalue weighted by atomic mass is 10.1. The number of methoxy groups -OCH3 is 1. The highest BCUT2D eigenvalue weighted by atomic mass is 32.2. The van der Waals surface area contributed by atoms with Crippen LogP contribution >= 0.6 is 0 Å². The minimum Gasteiger partial charge on any atom is -0.616 e. The Labute approximate surface area is 204 Å². The summed E-state index contributed by atoms with van der Waals surface area (Å²) in [6, 6.07) is 15.9. The van der Waals surface area contributed by atoms with Gasteiger partial charge in [-0.2, -0.15) is 0 Å². The number of hydrogen-bond acceptors (Lipinski definition) is 5. The maximum atomic E-state index is 13.5. The van der Waals surface area contributed by atoms with Crippen molar-refractivity contribution < 1.29 is 17.9 Å². The molecule has 0 radical (unpaired) electrons. The van der Waals surface area contributed by atoms with Gasteiger partial charge in [0.2, 0.25) is 0 Å². The molecule has 9 heteroatoms. The van der Waals surface area contributed by atoms with Gasteiger partial charge in [-0.25, -0.2) is 8.42 Å². The van der Waals surface area contributed by atoms with Gasteiger partial charge in [0.1, 0.15) is 5.69 Å². The van der Waals surface area contributed by atoms with Gasteiger partial charge in [-0.15, -0.1) is 4.73 Å². The predicted octanol–water partition coefficient (Wildman–Crippen LogP) is 3.23. The van der Waals surface area contributed by atoms with Crippen molar-refractivity contribution in [2.24, 2.45) is 5.92 Å². The fourth-order valence-electron chi connectivity index (χ4n) is 4.30. The Kier molecular flexibility index (Phi) is 6.98. The molecule has 4 rings (SSSR count). The van der Waals surface area contributed by atoms with E-state index in [-0.39, 0.29) is 47.5 Å². The monoisotopic (exact) mass is 495 g/mol. The fourth-order valence-corrected chi connectivity index (χ4v) is 5.53. The van der Waals surface area contributed by atoms with Crippen molar-refractivity contribution in [2.45, 2.75) is 38.1 Å². The van der Waals surface area contributed by atoms with Crippen LogP contribution in [-0.4, -0.2) is 30.8 Å². The predicted molar refractivity (Wildman–Crippen MR) is 134 cm³/mol. The van der Waals surface area contributed by atoms with Crippen LogP contribution < -0.4 is 15.0 Å². The molecule has 0 saturated carbocycles. The number of aromatic nitrogens is 3. The molecule has 0 fully saturated rings. The lowest BCUT2D eigenvalue weighted by Crippen LogP contribution is -2.46. The number of H-pyrrole nitrogens is 1. The van der Waals surface area contributed by atoms with E-state index in [4.69, 9.17) is 4.74 Å². The van der Waals surface area contributed by atoms with Crippen LogP contribution in [0.25, 0.3) is 10.9 Å². The first kappa shape index (κ1) is 24.5. The minimum atomic E-state index is -3.65. The van der Waals surface area contributed by atoms with E-state index in [1.54, 1.807) is 18.2 Å². The summed E-state index contributed by atoms with van der Waals surface area (Å²) >= 11 is 0. The maximum absolute atomic E-state index is 13.5. The molecule has 35 heavy (non-hydrogen) atoms. The van der Waals surface area contributed by atoms with Crippen LogP contribution in [0.15, 0.2) is 70.5 Å². The number of sulfone groups is 1. The number of nitrogens with zero attached hydrogens (tertiary/aromatic N) is 2. The number of hydrogen-bond donors (Lipinski definition) is 1. The summed E-state index contributed by atoms with van der Waals surface area (Å²) < 4.78 is 33.4. The van der Waals surface area contributed by atoms with Crippen LogP contribution in [-0.2, 0) is 29.2 Å². The summed E-state index contributed by atoms with van der Waals surface area (Å²) in [4.78, 5) is 16.9. The van der Waals surface area contributed by atoms with E-state index in [2.05, 4.69) is 4.98 Å². The van der Waals surface area contributed by atoms with Gasteiger partial charge in [-0.1, -0.05) is 50.2 Å². The van der Waals surface area contributed by atoms with Crippen molar-refractivity contribution in [3.8, 4) is 5.88 Å². The number of fused-ring (bicyclic) bond motifs is 1. The minimum absolute atomic E-state index is 0.00244. The third-order valence-electron chi connectivity index (χ3n) is 6.01. The number of para-hydroxylation sites is 1. The Bertz CT molecular complexity index is 1510. The standard InChI is InChI=1S/C26H29N3O5S/c1-18(2)15-23-25(30)28(13-14-35(32,33)20-9-5-4-6-10-20)24(26(34-3)29(23)31)16-19-17-27-22-12-8-7-11-21(19)22/h4-12,17-18,27H,13-16H2,1-3H3. The molecular formula is C26H29N3O5S. The van der Waals surface area contributed by atoms with E-state index in [0.29, 0.717) is 10.4 Å². The summed E-state index contributed by atoms with van der Waals surface area (Å²) in [7, 11) is -2.26. The molecule has 0 amide bonds. The molecule has 2 aromatic heterocycles. The van der Waals surface area contributed by atoms with E-state index in [1.165, 1.54) is 23.8 Å². The maximum Gasteiger partial charge on any atom is 0.400 e. The SMILES string of the molecule is COc1c(Cc2c[nH]c3ccccc23)n(CCS(=O)(=O)c2ccccc2)c(=O)c(CC(C)C)[n+]1[O-]. The molecule has 0 bridgehead atoms. The van der Waals surface area contributed by atoms with Crippen LogP contribution in [0.2, 0.25) is 0 Å². The van der Waals surface area contributed by atoms with Gasteiger partial charge in [0.15, 0.2) is 9.84 Å². The van der Waals surface area contributed by atoms with Crippen molar-refractivity contribution in [1.82, 2.24) is 9.55 Å². The van der Waals surface area contributed by atoms with Crippen molar-refractivity contribution in [3.63, 3.8) is 0 Å². The molecule has 0 aliphatic carbocycles. The number of nitrogens with one attached hydrogen (secondary N) is 1. The van der Waals surface area contributed by atoms with E-state index in [0.717, 1.165) is 16.5 Å². The highest BCUT2D eigenvalue weighted by Gasteiger charge is 2.29. The van der Waals surface area contributed by atoms with Gasteiger partial charge in [-0.05, 0) is 29.7 Å². The normalized spacial score (nSPS) is 11.9. The molecule has 4 aromatic rings. The summed E-state index contributed by atoms with van der Waals surface area (Å²) in [5, 5.41) is 14.1. The Morgan fingerprint density at radius 2 is 1.77 bits per heavy atom. The lowest BCUT2D eigenvalue weighted by Gasteiger charge is -2.18. The number of ether oxygens (including phenoxy) is 1. The van der Waals surface area contributed by atoms with Crippen LogP contribution in [0.4, 0.5) is 0 Å². The summed E-state index contributed by atoms with van der Waals surface area (Å²) in [5.41, 5.74) is 1.68. The van der Waals surface area contributed by atoms with E-state index in [1.807, 2.05) is 44.3 Å². The molecule has 2 heterocycles. The van der Waals surface area contributed by atoms with Gasteiger partial charge in [0.05, 0.1) is 17.8 Å². The van der Waals surface area contributed by atoms with Gasteiger partial charge in [0.25, 0.3) is 5.69 Å². The highest BCUT2D eigenvalue weighted by Crippen LogP contribution is 2.24. The van der Waals surface area contributed by atoms with Crippen molar-refractivity contribution in [3.05, 3.63) is 93.3 Å². The first-order chi connectivity index (χ1) is 16.7. The zero-order chi connectivity index (χ0) is 25.2. The fraction of sp³-hybridized carbons (Fsp3) is 0.308. The third kappa shape index (κ3) is 4.95. The zero-order valence-electron chi connectivity index (χ0n) is 20.0. The largest absolute Gasteiger partial charge is 0.616 e. The topological polar surface area (TPSA) is 108 Å². The molecule has 8 nitrogen and oxygen atoms in total.